The molecule has 0 aliphatic carbocycles. The molecule has 4 nitrogen and oxygen atoms in total. The van der Waals surface area contributed by atoms with E-state index in [0.29, 0.717) is 5.92 Å². The molecule has 1 aromatic carbocycles. The lowest BCUT2D eigenvalue weighted by molar-refractivity contribution is 0.198. The van der Waals surface area contributed by atoms with E-state index in [1.807, 2.05) is 30.6 Å². The van der Waals surface area contributed by atoms with Crippen LogP contribution in [0.5, 0.6) is 5.75 Å². The van der Waals surface area contributed by atoms with Gasteiger partial charge in [-0.1, -0.05) is 18.2 Å². The summed E-state index contributed by atoms with van der Waals surface area (Å²) in [6.07, 6.45) is 6.15. The second-order valence-electron chi connectivity index (χ2n) is 7.11. The number of benzene rings is 1. The molecule has 138 valence electrons. The molecule has 1 unspecified atom stereocenters. The number of methoxy groups -OCH3 is 1. The summed E-state index contributed by atoms with van der Waals surface area (Å²) in [6, 6.07) is 18.7. The molecule has 3 heterocycles. The van der Waals surface area contributed by atoms with Crippen LogP contribution < -0.4 is 4.74 Å². The maximum absolute atomic E-state index is 5.35. The van der Waals surface area contributed by atoms with Crippen molar-refractivity contribution in [3.63, 3.8) is 0 Å². The van der Waals surface area contributed by atoms with Crippen LogP contribution in [0.1, 0.15) is 30.0 Å². The third-order valence-electron chi connectivity index (χ3n) is 5.22. The molecule has 4 rings (SSSR count). The van der Waals surface area contributed by atoms with Crippen LogP contribution in [0.4, 0.5) is 0 Å². The number of piperidine rings is 1. The lowest BCUT2D eigenvalue weighted by Crippen LogP contribution is -2.34. The van der Waals surface area contributed by atoms with E-state index in [1.54, 1.807) is 7.11 Å². The number of aromatic nitrogens is 2. The van der Waals surface area contributed by atoms with E-state index in [4.69, 9.17) is 9.72 Å². The van der Waals surface area contributed by atoms with E-state index >= 15 is 0 Å². The summed E-state index contributed by atoms with van der Waals surface area (Å²) in [7, 11) is 1.70. The summed E-state index contributed by atoms with van der Waals surface area (Å²) in [5, 5.41) is 0. The Balaban J connectivity index is 1.51. The van der Waals surface area contributed by atoms with Gasteiger partial charge in [-0.25, -0.2) is 0 Å². The zero-order chi connectivity index (χ0) is 18.5. The summed E-state index contributed by atoms with van der Waals surface area (Å²) in [5.41, 5.74) is 4.62. The first kappa shape index (κ1) is 17.7. The molecule has 0 N–H and O–H groups in total. The average Bonchev–Trinajstić information content (AvgIpc) is 2.75. The van der Waals surface area contributed by atoms with Crippen molar-refractivity contribution in [1.82, 2.24) is 14.9 Å². The Morgan fingerprint density at radius 1 is 1.07 bits per heavy atom. The Bertz CT molecular complexity index is 882. The van der Waals surface area contributed by atoms with Gasteiger partial charge in [0.15, 0.2) is 0 Å². The van der Waals surface area contributed by atoms with E-state index < -0.39 is 0 Å². The third-order valence-corrected chi connectivity index (χ3v) is 5.22. The molecule has 1 saturated heterocycles. The van der Waals surface area contributed by atoms with Gasteiger partial charge in [-0.15, -0.1) is 0 Å². The van der Waals surface area contributed by atoms with Crippen LogP contribution in [0.25, 0.3) is 11.3 Å². The van der Waals surface area contributed by atoms with Gasteiger partial charge >= 0.3 is 0 Å². The number of hydrogen-bond donors (Lipinski definition) is 0. The summed E-state index contributed by atoms with van der Waals surface area (Å²) in [6.45, 7) is 3.18. The second-order valence-corrected chi connectivity index (χ2v) is 7.11. The predicted molar refractivity (Wildman–Crippen MR) is 108 cm³/mol. The van der Waals surface area contributed by atoms with Crippen LogP contribution in [-0.4, -0.2) is 35.1 Å². The van der Waals surface area contributed by atoms with Gasteiger partial charge in [0.05, 0.1) is 12.8 Å². The molecule has 0 saturated carbocycles. The van der Waals surface area contributed by atoms with Crippen molar-refractivity contribution in [2.75, 3.05) is 20.2 Å². The number of ether oxygens (including phenoxy) is 1. The van der Waals surface area contributed by atoms with Gasteiger partial charge in [0, 0.05) is 42.7 Å². The van der Waals surface area contributed by atoms with Crippen LogP contribution >= 0.6 is 0 Å². The molecule has 1 atom stereocenters. The Kier molecular flexibility index (Phi) is 5.45. The van der Waals surface area contributed by atoms with Crippen LogP contribution in [-0.2, 0) is 6.54 Å². The normalized spacial score (nSPS) is 17.6. The molecule has 0 bridgehead atoms. The number of rotatable bonds is 5. The maximum Gasteiger partial charge on any atom is 0.119 e. The van der Waals surface area contributed by atoms with E-state index in [2.05, 4.69) is 46.3 Å². The van der Waals surface area contributed by atoms with E-state index in [0.717, 1.165) is 36.6 Å². The highest BCUT2D eigenvalue weighted by Gasteiger charge is 2.22. The zero-order valence-corrected chi connectivity index (χ0v) is 15.7. The van der Waals surface area contributed by atoms with Crippen molar-refractivity contribution in [3.8, 4) is 17.0 Å². The van der Waals surface area contributed by atoms with Crippen molar-refractivity contribution in [3.05, 3.63) is 78.2 Å². The summed E-state index contributed by atoms with van der Waals surface area (Å²) < 4.78 is 5.35. The Morgan fingerprint density at radius 3 is 2.78 bits per heavy atom. The fourth-order valence-electron chi connectivity index (χ4n) is 3.81. The standard InChI is InChI=1S/C23H25N3O/c1-27-21-7-2-5-19(15-21)22-8-3-9-23(25-22)20-6-4-14-26(17-20)16-18-10-12-24-13-11-18/h2-3,5,7-13,15,20H,4,6,14,16-17H2,1H3. The third kappa shape index (κ3) is 4.34. The lowest BCUT2D eigenvalue weighted by atomic mass is 9.93. The van der Waals surface area contributed by atoms with Gasteiger partial charge in [-0.05, 0) is 61.3 Å². The Morgan fingerprint density at radius 2 is 1.93 bits per heavy atom. The first-order valence-corrected chi connectivity index (χ1v) is 9.54. The molecule has 2 aromatic heterocycles. The number of hydrogen-bond acceptors (Lipinski definition) is 4. The Hall–Kier alpha value is -2.72. The lowest BCUT2D eigenvalue weighted by Gasteiger charge is -2.32. The first-order valence-electron chi connectivity index (χ1n) is 9.54. The Labute approximate surface area is 160 Å². The van der Waals surface area contributed by atoms with Gasteiger partial charge < -0.3 is 4.74 Å². The van der Waals surface area contributed by atoms with Crippen molar-refractivity contribution in [2.45, 2.75) is 25.3 Å². The quantitative estimate of drug-likeness (QED) is 0.671. The summed E-state index contributed by atoms with van der Waals surface area (Å²) in [5.74, 6) is 1.34. The predicted octanol–water partition coefficient (Wildman–Crippen LogP) is 4.53. The second kappa shape index (κ2) is 8.31. The molecule has 1 aliphatic heterocycles. The van der Waals surface area contributed by atoms with Crippen LogP contribution in [0.2, 0.25) is 0 Å². The van der Waals surface area contributed by atoms with Gasteiger partial charge in [-0.3, -0.25) is 14.9 Å². The van der Waals surface area contributed by atoms with Crippen LogP contribution in [0, 0.1) is 0 Å². The molecule has 0 amide bonds. The minimum atomic E-state index is 0.478. The van der Waals surface area contributed by atoms with Gasteiger partial charge in [0.2, 0.25) is 0 Å². The highest BCUT2D eigenvalue weighted by Crippen LogP contribution is 2.29. The average molecular weight is 359 g/mol. The molecule has 0 radical (unpaired) electrons. The van der Waals surface area contributed by atoms with Gasteiger partial charge in [0.1, 0.15) is 5.75 Å². The number of likely N-dealkylation sites (tertiary alicyclic amines) is 1. The largest absolute Gasteiger partial charge is 0.497 e. The van der Waals surface area contributed by atoms with Crippen molar-refractivity contribution in [2.24, 2.45) is 0 Å². The van der Waals surface area contributed by atoms with E-state index in [9.17, 15) is 0 Å². The van der Waals surface area contributed by atoms with Gasteiger partial charge in [0.25, 0.3) is 0 Å². The number of nitrogens with zero attached hydrogens (tertiary/aromatic N) is 3. The minimum Gasteiger partial charge on any atom is -0.497 e. The zero-order valence-electron chi connectivity index (χ0n) is 15.7. The van der Waals surface area contributed by atoms with E-state index in [-0.39, 0.29) is 0 Å². The monoisotopic (exact) mass is 359 g/mol. The van der Waals surface area contributed by atoms with Crippen LogP contribution in [0.15, 0.2) is 67.0 Å². The SMILES string of the molecule is COc1cccc(-c2cccc(C3CCCN(Cc4ccncc4)C3)n2)c1. The fourth-order valence-corrected chi connectivity index (χ4v) is 3.81. The number of pyridine rings is 2. The molecule has 1 fully saturated rings. The molecular formula is C23H25N3O. The maximum atomic E-state index is 5.35. The molecule has 0 spiro atoms. The molecule has 3 aromatic rings. The molecular weight excluding hydrogens is 334 g/mol. The first-order chi connectivity index (χ1) is 13.3. The topological polar surface area (TPSA) is 38.2 Å². The highest BCUT2D eigenvalue weighted by atomic mass is 16.5. The minimum absolute atomic E-state index is 0.478. The molecule has 1 aliphatic rings. The fraction of sp³-hybridized carbons (Fsp3) is 0.304. The van der Waals surface area contributed by atoms with Crippen LogP contribution in [0.3, 0.4) is 0 Å². The van der Waals surface area contributed by atoms with Crippen molar-refractivity contribution < 1.29 is 4.74 Å². The van der Waals surface area contributed by atoms with Gasteiger partial charge in [-0.2, -0.15) is 0 Å². The molecule has 27 heavy (non-hydrogen) atoms. The summed E-state index contributed by atoms with van der Waals surface area (Å²) in [4.78, 5) is 11.6. The van der Waals surface area contributed by atoms with E-state index in [1.165, 1.54) is 24.1 Å². The summed E-state index contributed by atoms with van der Waals surface area (Å²) >= 11 is 0. The van der Waals surface area contributed by atoms with Crippen molar-refractivity contribution >= 4 is 0 Å². The molecule has 4 heteroatoms. The van der Waals surface area contributed by atoms with Crippen molar-refractivity contribution in [1.29, 1.82) is 0 Å². The highest BCUT2D eigenvalue weighted by molar-refractivity contribution is 5.61. The smallest absolute Gasteiger partial charge is 0.119 e.